The van der Waals surface area contributed by atoms with E-state index in [0.717, 1.165) is 44.2 Å². The van der Waals surface area contributed by atoms with Gasteiger partial charge in [0.05, 0.1) is 19.6 Å². The van der Waals surface area contributed by atoms with Crippen LogP contribution in [0.15, 0.2) is 29.3 Å². The molecule has 1 aromatic rings. The highest BCUT2D eigenvalue weighted by Gasteiger charge is 2.18. The fraction of sp³-hybridized carbons (Fsp3) is 0.579. The molecule has 0 aromatic heterocycles. The Morgan fingerprint density at radius 3 is 2.77 bits per heavy atom. The summed E-state index contributed by atoms with van der Waals surface area (Å²) in [4.78, 5) is 18.6. The van der Waals surface area contributed by atoms with Crippen LogP contribution in [0.25, 0.3) is 0 Å². The minimum Gasteiger partial charge on any atom is -0.381 e. The molecule has 0 spiro atoms. The van der Waals surface area contributed by atoms with E-state index in [1.807, 2.05) is 14.0 Å². The Morgan fingerprint density at radius 2 is 2.12 bits per heavy atom. The third-order valence-electron chi connectivity index (χ3n) is 4.23. The minimum atomic E-state index is -0.298. The molecule has 0 bridgehead atoms. The number of halogens is 1. The molecule has 1 atom stereocenters. The van der Waals surface area contributed by atoms with Gasteiger partial charge in [-0.15, -0.1) is 0 Å². The fourth-order valence-electron chi connectivity index (χ4n) is 2.88. The molecule has 6 nitrogen and oxygen atoms in total. The molecule has 1 fully saturated rings. The Labute approximate surface area is 154 Å². The molecule has 1 aliphatic rings. The van der Waals surface area contributed by atoms with Crippen LogP contribution in [0.1, 0.15) is 18.9 Å². The van der Waals surface area contributed by atoms with E-state index >= 15 is 0 Å². The fourth-order valence-corrected chi connectivity index (χ4v) is 2.88. The lowest BCUT2D eigenvalue weighted by molar-refractivity contribution is -0.120. The van der Waals surface area contributed by atoms with Crippen LogP contribution in [0, 0.1) is 11.7 Å². The van der Waals surface area contributed by atoms with E-state index in [9.17, 15) is 9.18 Å². The SMILES string of the molecule is CCNC(=NCCNC(=O)Cc1ccc(F)cc1)N(C)CC1CCOC1. The van der Waals surface area contributed by atoms with E-state index in [4.69, 9.17) is 4.74 Å². The van der Waals surface area contributed by atoms with Crippen LogP contribution in [-0.4, -0.2) is 63.2 Å². The second kappa shape index (κ2) is 10.8. The first-order chi connectivity index (χ1) is 12.6. The highest BCUT2D eigenvalue weighted by atomic mass is 19.1. The number of nitrogens with one attached hydrogen (secondary N) is 2. The van der Waals surface area contributed by atoms with Crippen molar-refractivity contribution >= 4 is 11.9 Å². The molecule has 1 heterocycles. The number of aliphatic imine (C=N–C) groups is 1. The summed E-state index contributed by atoms with van der Waals surface area (Å²) in [6.45, 7) is 6.35. The van der Waals surface area contributed by atoms with Gasteiger partial charge < -0.3 is 20.3 Å². The molecule has 1 amide bonds. The molecule has 26 heavy (non-hydrogen) atoms. The number of nitrogens with zero attached hydrogens (tertiary/aromatic N) is 2. The zero-order valence-electron chi connectivity index (χ0n) is 15.6. The van der Waals surface area contributed by atoms with Crippen LogP contribution in [0.5, 0.6) is 0 Å². The normalized spacial score (nSPS) is 17.2. The molecule has 2 N–H and O–H groups in total. The third kappa shape index (κ3) is 7.00. The minimum absolute atomic E-state index is 0.0896. The second-order valence-electron chi connectivity index (χ2n) is 6.50. The number of carbonyl (C=O) groups excluding carboxylic acids is 1. The smallest absolute Gasteiger partial charge is 0.224 e. The number of ether oxygens (including phenoxy) is 1. The quantitative estimate of drug-likeness (QED) is 0.416. The Bertz CT molecular complexity index is 586. The maximum Gasteiger partial charge on any atom is 0.224 e. The number of hydrogen-bond donors (Lipinski definition) is 2. The van der Waals surface area contributed by atoms with Crippen molar-refractivity contribution in [3.63, 3.8) is 0 Å². The van der Waals surface area contributed by atoms with Crippen molar-refractivity contribution in [2.24, 2.45) is 10.9 Å². The van der Waals surface area contributed by atoms with Crippen LogP contribution in [-0.2, 0) is 16.0 Å². The predicted octanol–water partition coefficient (Wildman–Crippen LogP) is 1.42. The van der Waals surface area contributed by atoms with Crippen molar-refractivity contribution in [1.82, 2.24) is 15.5 Å². The van der Waals surface area contributed by atoms with Crippen molar-refractivity contribution in [3.05, 3.63) is 35.6 Å². The van der Waals surface area contributed by atoms with Crippen molar-refractivity contribution in [1.29, 1.82) is 0 Å². The van der Waals surface area contributed by atoms with Gasteiger partial charge in [0.25, 0.3) is 0 Å². The van der Waals surface area contributed by atoms with Gasteiger partial charge in [-0.05, 0) is 31.0 Å². The van der Waals surface area contributed by atoms with Gasteiger partial charge >= 0.3 is 0 Å². The maximum atomic E-state index is 12.9. The standard InChI is InChI=1S/C19H29FN4O2/c1-3-21-19(24(2)13-16-8-11-26-14-16)23-10-9-22-18(25)12-15-4-6-17(20)7-5-15/h4-7,16H,3,8-14H2,1-2H3,(H,21,23)(H,22,25). The molecule has 1 saturated heterocycles. The van der Waals surface area contributed by atoms with Crippen LogP contribution in [0.3, 0.4) is 0 Å². The van der Waals surface area contributed by atoms with Crippen LogP contribution >= 0.6 is 0 Å². The number of carbonyl (C=O) groups is 1. The Hall–Kier alpha value is -2.15. The number of benzene rings is 1. The lowest BCUT2D eigenvalue weighted by Gasteiger charge is -2.24. The molecule has 1 aliphatic heterocycles. The first kappa shape index (κ1) is 20.2. The van der Waals surface area contributed by atoms with Crippen molar-refractivity contribution < 1.29 is 13.9 Å². The Kier molecular flexibility index (Phi) is 8.34. The van der Waals surface area contributed by atoms with Gasteiger partial charge in [0, 0.05) is 39.2 Å². The first-order valence-electron chi connectivity index (χ1n) is 9.16. The van der Waals surface area contributed by atoms with Crippen molar-refractivity contribution in [3.8, 4) is 0 Å². The molecule has 1 aromatic carbocycles. The van der Waals surface area contributed by atoms with E-state index < -0.39 is 0 Å². The molecular formula is C19H29FN4O2. The van der Waals surface area contributed by atoms with E-state index in [2.05, 4.69) is 20.5 Å². The number of rotatable bonds is 8. The van der Waals surface area contributed by atoms with Gasteiger partial charge in [-0.1, -0.05) is 12.1 Å². The monoisotopic (exact) mass is 364 g/mol. The Balaban J connectivity index is 1.74. The first-order valence-corrected chi connectivity index (χ1v) is 9.16. The topological polar surface area (TPSA) is 66.0 Å². The average molecular weight is 364 g/mol. The lowest BCUT2D eigenvalue weighted by atomic mass is 10.1. The van der Waals surface area contributed by atoms with Gasteiger partial charge in [-0.3, -0.25) is 9.79 Å². The van der Waals surface area contributed by atoms with Crippen LogP contribution in [0.2, 0.25) is 0 Å². The summed E-state index contributed by atoms with van der Waals surface area (Å²) in [6.07, 6.45) is 1.33. The summed E-state index contributed by atoms with van der Waals surface area (Å²) < 4.78 is 18.3. The number of amides is 1. The summed E-state index contributed by atoms with van der Waals surface area (Å²) >= 11 is 0. The molecule has 144 valence electrons. The van der Waals surface area contributed by atoms with E-state index in [1.54, 1.807) is 12.1 Å². The molecule has 2 rings (SSSR count). The largest absolute Gasteiger partial charge is 0.381 e. The van der Waals surface area contributed by atoms with Gasteiger partial charge in [-0.25, -0.2) is 4.39 Å². The molecule has 7 heteroatoms. The summed E-state index contributed by atoms with van der Waals surface area (Å²) in [5.41, 5.74) is 0.791. The van der Waals surface area contributed by atoms with Crippen molar-refractivity contribution in [2.75, 3.05) is 46.4 Å². The second-order valence-corrected chi connectivity index (χ2v) is 6.50. The van der Waals surface area contributed by atoms with Crippen LogP contribution < -0.4 is 10.6 Å². The highest BCUT2D eigenvalue weighted by molar-refractivity contribution is 5.80. The van der Waals surface area contributed by atoms with Crippen molar-refractivity contribution in [2.45, 2.75) is 19.8 Å². The van der Waals surface area contributed by atoms with Gasteiger partial charge in [0.15, 0.2) is 5.96 Å². The third-order valence-corrected chi connectivity index (χ3v) is 4.23. The van der Waals surface area contributed by atoms with Gasteiger partial charge in [-0.2, -0.15) is 0 Å². The molecule has 0 aliphatic carbocycles. The molecular weight excluding hydrogens is 335 g/mol. The molecule has 0 saturated carbocycles. The summed E-state index contributed by atoms with van der Waals surface area (Å²) in [5, 5.41) is 6.13. The molecule has 0 radical (unpaired) electrons. The zero-order chi connectivity index (χ0) is 18.8. The summed E-state index contributed by atoms with van der Waals surface area (Å²) in [5.74, 6) is 0.993. The van der Waals surface area contributed by atoms with Gasteiger partial charge in [0.1, 0.15) is 5.82 Å². The van der Waals surface area contributed by atoms with E-state index in [0.29, 0.717) is 19.0 Å². The van der Waals surface area contributed by atoms with Gasteiger partial charge in [0.2, 0.25) is 5.91 Å². The predicted molar refractivity (Wildman–Crippen MR) is 101 cm³/mol. The zero-order valence-corrected chi connectivity index (χ0v) is 15.6. The van der Waals surface area contributed by atoms with E-state index in [-0.39, 0.29) is 18.1 Å². The maximum absolute atomic E-state index is 12.9. The Morgan fingerprint density at radius 1 is 1.35 bits per heavy atom. The average Bonchev–Trinajstić information content (AvgIpc) is 3.12. The summed E-state index contributed by atoms with van der Waals surface area (Å²) in [6, 6.07) is 5.97. The number of hydrogen-bond acceptors (Lipinski definition) is 3. The number of guanidine groups is 1. The van der Waals surface area contributed by atoms with E-state index in [1.165, 1.54) is 12.1 Å². The van der Waals surface area contributed by atoms with Crippen LogP contribution in [0.4, 0.5) is 4.39 Å². The molecule has 1 unspecified atom stereocenters. The highest BCUT2D eigenvalue weighted by Crippen LogP contribution is 2.13. The lowest BCUT2D eigenvalue weighted by Crippen LogP contribution is -2.42. The summed E-state index contributed by atoms with van der Waals surface area (Å²) in [7, 11) is 2.02.